The second-order valence-electron chi connectivity index (χ2n) is 4.30. The predicted octanol–water partition coefficient (Wildman–Crippen LogP) is 2.33. The third-order valence-corrected chi connectivity index (χ3v) is 3.11. The summed E-state index contributed by atoms with van der Waals surface area (Å²) in [6, 6.07) is 7.17. The molecule has 1 aliphatic rings. The van der Waals surface area contributed by atoms with E-state index in [1.165, 1.54) is 29.7 Å². The van der Waals surface area contributed by atoms with Gasteiger partial charge in [0.15, 0.2) is 0 Å². The summed E-state index contributed by atoms with van der Waals surface area (Å²) in [6.45, 7) is 6.46. The fourth-order valence-corrected chi connectivity index (χ4v) is 2.22. The van der Waals surface area contributed by atoms with E-state index in [2.05, 4.69) is 42.7 Å². The molecule has 0 aliphatic carbocycles. The van der Waals surface area contributed by atoms with Gasteiger partial charge in [0.25, 0.3) is 0 Å². The van der Waals surface area contributed by atoms with Gasteiger partial charge in [-0.1, -0.05) is 25.1 Å². The molecule has 0 spiro atoms. The summed E-state index contributed by atoms with van der Waals surface area (Å²) in [5.41, 5.74) is 4.21. The summed E-state index contributed by atoms with van der Waals surface area (Å²) in [4.78, 5) is 0. The van der Waals surface area contributed by atoms with E-state index in [1.807, 2.05) is 0 Å². The Labute approximate surface area is 92.1 Å². The molecule has 1 aromatic carbocycles. The number of hydrogen-bond acceptors (Lipinski definition) is 2. The molecule has 0 saturated heterocycles. The van der Waals surface area contributed by atoms with Gasteiger partial charge in [0.05, 0.1) is 0 Å². The van der Waals surface area contributed by atoms with Crippen LogP contribution >= 0.6 is 0 Å². The van der Waals surface area contributed by atoms with Crippen LogP contribution in [-0.4, -0.2) is 19.1 Å². The molecule has 2 rings (SSSR count). The highest BCUT2D eigenvalue weighted by molar-refractivity contribution is 5.59. The number of likely N-dealkylation sites (N-methyl/N-ethyl adjacent to an activating group) is 1. The van der Waals surface area contributed by atoms with Crippen LogP contribution in [0, 0.1) is 6.92 Å². The van der Waals surface area contributed by atoms with Gasteiger partial charge in [-0.15, -0.1) is 0 Å². The molecule has 15 heavy (non-hydrogen) atoms. The predicted molar refractivity (Wildman–Crippen MR) is 65.5 cm³/mol. The first-order chi connectivity index (χ1) is 7.31. The van der Waals surface area contributed by atoms with Crippen molar-refractivity contribution in [3.05, 3.63) is 29.3 Å². The van der Waals surface area contributed by atoms with Gasteiger partial charge in [-0.05, 0) is 37.4 Å². The first kappa shape index (κ1) is 10.5. The molecule has 2 heteroatoms. The monoisotopic (exact) mass is 204 g/mol. The van der Waals surface area contributed by atoms with E-state index in [0.717, 1.165) is 13.1 Å². The molecule has 0 aromatic heterocycles. The van der Waals surface area contributed by atoms with Crippen LogP contribution in [0.2, 0.25) is 0 Å². The van der Waals surface area contributed by atoms with Crippen LogP contribution in [-0.2, 0) is 6.42 Å². The summed E-state index contributed by atoms with van der Waals surface area (Å²) < 4.78 is 0. The Balaban J connectivity index is 2.08. The highest BCUT2D eigenvalue weighted by atomic mass is 15.0. The SMILES string of the molecule is CCNCC1CCc2cccc(C)c2N1. The first-order valence-corrected chi connectivity index (χ1v) is 5.87. The van der Waals surface area contributed by atoms with Gasteiger partial charge in [0.1, 0.15) is 0 Å². The Morgan fingerprint density at radius 1 is 1.47 bits per heavy atom. The summed E-state index contributed by atoms with van der Waals surface area (Å²) >= 11 is 0. The number of aryl methyl sites for hydroxylation is 2. The van der Waals surface area contributed by atoms with Crippen molar-refractivity contribution in [2.45, 2.75) is 32.7 Å². The maximum Gasteiger partial charge on any atom is 0.0405 e. The van der Waals surface area contributed by atoms with Crippen LogP contribution in [0.3, 0.4) is 0 Å². The van der Waals surface area contributed by atoms with E-state index < -0.39 is 0 Å². The Morgan fingerprint density at radius 2 is 2.33 bits per heavy atom. The number of para-hydroxylation sites is 1. The van der Waals surface area contributed by atoms with Gasteiger partial charge >= 0.3 is 0 Å². The van der Waals surface area contributed by atoms with E-state index >= 15 is 0 Å². The maximum atomic E-state index is 3.64. The molecule has 0 saturated carbocycles. The molecule has 2 nitrogen and oxygen atoms in total. The van der Waals surface area contributed by atoms with Crippen molar-refractivity contribution < 1.29 is 0 Å². The van der Waals surface area contributed by atoms with E-state index in [1.54, 1.807) is 0 Å². The maximum absolute atomic E-state index is 3.64. The number of anilines is 1. The lowest BCUT2D eigenvalue weighted by atomic mass is 9.95. The van der Waals surface area contributed by atoms with Gasteiger partial charge in [-0.25, -0.2) is 0 Å². The van der Waals surface area contributed by atoms with Gasteiger partial charge in [-0.3, -0.25) is 0 Å². The average Bonchev–Trinajstić information content (AvgIpc) is 2.27. The largest absolute Gasteiger partial charge is 0.381 e. The second-order valence-corrected chi connectivity index (χ2v) is 4.30. The Hall–Kier alpha value is -1.02. The Kier molecular flexibility index (Phi) is 3.27. The van der Waals surface area contributed by atoms with Gasteiger partial charge in [-0.2, -0.15) is 0 Å². The third-order valence-electron chi connectivity index (χ3n) is 3.11. The lowest BCUT2D eigenvalue weighted by Crippen LogP contribution is -2.36. The molecule has 1 heterocycles. The number of fused-ring (bicyclic) bond motifs is 1. The number of benzene rings is 1. The summed E-state index contributed by atoms with van der Waals surface area (Å²) in [5.74, 6) is 0. The molecule has 0 amide bonds. The van der Waals surface area contributed by atoms with Crippen LogP contribution in [0.15, 0.2) is 18.2 Å². The molecule has 82 valence electrons. The number of nitrogens with one attached hydrogen (secondary N) is 2. The second kappa shape index (κ2) is 4.67. The Morgan fingerprint density at radius 3 is 3.13 bits per heavy atom. The minimum Gasteiger partial charge on any atom is -0.381 e. The van der Waals surface area contributed by atoms with Crippen molar-refractivity contribution >= 4 is 5.69 Å². The van der Waals surface area contributed by atoms with Crippen LogP contribution in [0.4, 0.5) is 5.69 Å². The van der Waals surface area contributed by atoms with Crippen LogP contribution in [0.1, 0.15) is 24.5 Å². The fourth-order valence-electron chi connectivity index (χ4n) is 2.22. The number of hydrogen-bond donors (Lipinski definition) is 2. The van der Waals surface area contributed by atoms with Crippen molar-refractivity contribution in [2.75, 3.05) is 18.4 Å². The molecule has 0 radical (unpaired) electrons. The zero-order chi connectivity index (χ0) is 10.7. The highest BCUT2D eigenvalue weighted by Crippen LogP contribution is 2.27. The normalized spacial score (nSPS) is 19.5. The van der Waals surface area contributed by atoms with Crippen LogP contribution in [0.5, 0.6) is 0 Å². The Bertz CT molecular complexity index is 333. The average molecular weight is 204 g/mol. The van der Waals surface area contributed by atoms with E-state index in [-0.39, 0.29) is 0 Å². The molecule has 0 fully saturated rings. The minimum absolute atomic E-state index is 0.596. The van der Waals surface area contributed by atoms with Gasteiger partial charge in [0, 0.05) is 18.3 Å². The standard InChI is InChI=1S/C13H20N2/c1-3-14-9-12-8-7-11-6-4-5-10(2)13(11)15-12/h4-6,12,14-15H,3,7-9H2,1-2H3. The van der Waals surface area contributed by atoms with Crippen molar-refractivity contribution in [1.82, 2.24) is 5.32 Å². The molecular weight excluding hydrogens is 184 g/mol. The fraction of sp³-hybridized carbons (Fsp3) is 0.538. The first-order valence-electron chi connectivity index (χ1n) is 5.87. The smallest absolute Gasteiger partial charge is 0.0405 e. The number of rotatable bonds is 3. The molecule has 1 atom stereocenters. The zero-order valence-electron chi connectivity index (χ0n) is 9.64. The molecule has 1 unspecified atom stereocenters. The molecular formula is C13H20N2. The van der Waals surface area contributed by atoms with Crippen LogP contribution in [0.25, 0.3) is 0 Å². The molecule has 1 aliphatic heterocycles. The molecule has 0 bridgehead atoms. The zero-order valence-corrected chi connectivity index (χ0v) is 9.64. The third kappa shape index (κ3) is 2.32. The van der Waals surface area contributed by atoms with E-state index in [0.29, 0.717) is 6.04 Å². The highest BCUT2D eigenvalue weighted by Gasteiger charge is 2.17. The van der Waals surface area contributed by atoms with Crippen molar-refractivity contribution in [1.29, 1.82) is 0 Å². The quantitative estimate of drug-likeness (QED) is 0.789. The van der Waals surface area contributed by atoms with E-state index in [9.17, 15) is 0 Å². The van der Waals surface area contributed by atoms with Crippen molar-refractivity contribution in [3.63, 3.8) is 0 Å². The lowest BCUT2D eigenvalue weighted by molar-refractivity contribution is 0.570. The summed E-state index contributed by atoms with van der Waals surface area (Å²) in [7, 11) is 0. The van der Waals surface area contributed by atoms with Crippen molar-refractivity contribution in [2.24, 2.45) is 0 Å². The topological polar surface area (TPSA) is 24.1 Å². The van der Waals surface area contributed by atoms with Gasteiger partial charge < -0.3 is 10.6 Å². The van der Waals surface area contributed by atoms with Crippen molar-refractivity contribution in [3.8, 4) is 0 Å². The van der Waals surface area contributed by atoms with E-state index in [4.69, 9.17) is 0 Å². The van der Waals surface area contributed by atoms with Crippen LogP contribution < -0.4 is 10.6 Å². The minimum atomic E-state index is 0.596. The lowest BCUT2D eigenvalue weighted by Gasteiger charge is -2.28. The summed E-state index contributed by atoms with van der Waals surface area (Å²) in [6.07, 6.45) is 2.45. The van der Waals surface area contributed by atoms with Gasteiger partial charge in [0.2, 0.25) is 0 Å². The molecule has 1 aromatic rings. The molecule has 2 N–H and O–H groups in total. The summed E-state index contributed by atoms with van der Waals surface area (Å²) in [5, 5.41) is 7.04.